The van der Waals surface area contributed by atoms with Crippen LogP contribution in [0.2, 0.25) is 0 Å². The summed E-state index contributed by atoms with van der Waals surface area (Å²) in [5.74, 6) is -1.51. The number of hydrogen-bond acceptors (Lipinski definition) is 4. The monoisotopic (exact) mass is 497 g/mol. The number of sulfonamides is 1. The van der Waals surface area contributed by atoms with Gasteiger partial charge in [-0.2, -0.15) is 0 Å². The standard InChI is InChI=1S/C26H28FN3O4S/c1-19-9-13-23(14-10-19)30(35(33,34)24-15-11-22(27)12-16-24)18-25(31)29(20(2)26(32)28-3)17-21-7-5-4-6-8-21/h4-16,20H,17-18H2,1-3H3,(H,28,32). The molecule has 0 aliphatic rings. The Labute approximate surface area is 205 Å². The molecule has 0 aliphatic carbocycles. The van der Waals surface area contributed by atoms with Crippen molar-refractivity contribution in [3.63, 3.8) is 0 Å². The molecule has 184 valence electrons. The van der Waals surface area contributed by atoms with Gasteiger partial charge in [-0.05, 0) is 55.8 Å². The van der Waals surface area contributed by atoms with E-state index in [0.717, 1.165) is 39.7 Å². The van der Waals surface area contributed by atoms with Gasteiger partial charge in [-0.15, -0.1) is 0 Å². The minimum Gasteiger partial charge on any atom is -0.357 e. The van der Waals surface area contributed by atoms with E-state index >= 15 is 0 Å². The topological polar surface area (TPSA) is 86.8 Å². The highest BCUT2D eigenvalue weighted by atomic mass is 32.2. The van der Waals surface area contributed by atoms with Gasteiger partial charge in [0.25, 0.3) is 10.0 Å². The van der Waals surface area contributed by atoms with Crippen molar-refractivity contribution >= 4 is 27.5 Å². The Hall–Kier alpha value is -3.72. The Morgan fingerprint density at radius 1 is 0.943 bits per heavy atom. The van der Waals surface area contributed by atoms with Gasteiger partial charge < -0.3 is 10.2 Å². The molecule has 9 heteroatoms. The predicted octanol–water partition coefficient (Wildman–Crippen LogP) is 3.49. The number of nitrogens with one attached hydrogen (secondary N) is 1. The van der Waals surface area contributed by atoms with Crippen molar-refractivity contribution in [2.24, 2.45) is 0 Å². The van der Waals surface area contributed by atoms with Crippen molar-refractivity contribution in [2.45, 2.75) is 31.3 Å². The lowest BCUT2D eigenvalue weighted by Gasteiger charge is -2.31. The molecule has 0 aliphatic heterocycles. The number of carbonyl (C=O) groups is 2. The third-order valence-corrected chi connectivity index (χ3v) is 7.40. The van der Waals surface area contributed by atoms with Gasteiger partial charge in [-0.25, -0.2) is 12.8 Å². The maximum absolute atomic E-state index is 13.6. The fraction of sp³-hybridized carbons (Fsp3) is 0.231. The summed E-state index contributed by atoms with van der Waals surface area (Å²) in [5.41, 5.74) is 1.98. The molecule has 0 radical (unpaired) electrons. The molecule has 7 nitrogen and oxygen atoms in total. The van der Waals surface area contributed by atoms with E-state index in [1.165, 1.54) is 11.9 Å². The molecule has 3 aromatic carbocycles. The van der Waals surface area contributed by atoms with Crippen LogP contribution in [0.4, 0.5) is 10.1 Å². The van der Waals surface area contributed by atoms with Gasteiger partial charge in [-0.1, -0.05) is 48.0 Å². The van der Waals surface area contributed by atoms with Gasteiger partial charge in [-0.3, -0.25) is 13.9 Å². The molecule has 1 atom stereocenters. The average Bonchev–Trinajstić information content (AvgIpc) is 2.86. The highest BCUT2D eigenvalue weighted by molar-refractivity contribution is 7.92. The molecule has 1 unspecified atom stereocenters. The lowest BCUT2D eigenvalue weighted by atomic mass is 10.1. The molecule has 1 N–H and O–H groups in total. The molecular formula is C26H28FN3O4S. The Balaban J connectivity index is 2.01. The van der Waals surface area contributed by atoms with Crippen LogP contribution >= 0.6 is 0 Å². The fourth-order valence-corrected chi connectivity index (χ4v) is 4.96. The van der Waals surface area contributed by atoms with Crippen molar-refractivity contribution in [3.05, 3.63) is 95.8 Å². The number of aryl methyl sites for hydroxylation is 1. The molecule has 0 saturated carbocycles. The molecule has 0 heterocycles. The van der Waals surface area contributed by atoms with E-state index in [2.05, 4.69) is 5.32 Å². The first-order valence-corrected chi connectivity index (χ1v) is 12.5. The lowest BCUT2D eigenvalue weighted by Crippen LogP contribution is -2.50. The van der Waals surface area contributed by atoms with Gasteiger partial charge in [0.15, 0.2) is 0 Å². The van der Waals surface area contributed by atoms with Crippen LogP contribution < -0.4 is 9.62 Å². The summed E-state index contributed by atoms with van der Waals surface area (Å²) in [5, 5.41) is 2.54. The first-order valence-electron chi connectivity index (χ1n) is 11.0. The second kappa shape index (κ2) is 11.1. The van der Waals surface area contributed by atoms with Gasteiger partial charge in [0.2, 0.25) is 11.8 Å². The normalized spacial score (nSPS) is 12.0. The molecule has 3 aromatic rings. The third kappa shape index (κ3) is 6.24. The molecule has 0 aromatic heterocycles. The maximum Gasteiger partial charge on any atom is 0.264 e. The highest BCUT2D eigenvalue weighted by Gasteiger charge is 2.32. The highest BCUT2D eigenvalue weighted by Crippen LogP contribution is 2.25. The predicted molar refractivity (Wildman–Crippen MR) is 133 cm³/mol. The third-order valence-electron chi connectivity index (χ3n) is 5.61. The maximum atomic E-state index is 13.6. The number of nitrogens with zero attached hydrogens (tertiary/aromatic N) is 2. The SMILES string of the molecule is CNC(=O)C(C)N(Cc1ccccc1)C(=O)CN(c1ccc(C)cc1)S(=O)(=O)c1ccc(F)cc1. The van der Waals surface area contributed by atoms with Crippen LogP contribution in [-0.4, -0.2) is 44.8 Å². The van der Waals surface area contributed by atoms with Crippen LogP contribution in [0.5, 0.6) is 0 Å². The number of halogens is 1. The molecule has 0 fully saturated rings. The van der Waals surface area contributed by atoms with E-state index in [1.54, 1.807) is 31.2 Å². The van der Waals surface area contributed by atoms with Crippen LogP contribution in [0.15, 0.2) is 83.8 Å². The zero-order chi connectivity index (χ0) is 25.6. The van der Waals surface area contributed by atoms with Crippen molar-refractivity contribution < 1.29 is 22.4 Å². The first-order chi connectivity index (χ1) is 16.6. The smallest absolute Gasteiger partial charge is 0.264 e. The van der Waals surface area contributed by atoms with E-state index in [0.29, 0.717) is 0 Å². The summed E-state index contributed by atoms with van der Waals surface area (Å²) < 4.78 is 41.6. The van der Waals surface area contributed by atoms with Gasteiger partial charge in [0.05, 0.1) is 10.6 Å². The molecular weight excluding hydrogens is 469 g/mol. The fourth-order valence-electron chi connectivity index (χ4n) is 3.55. The van der Waals surface area contributed by atoms with Crippen LogP contribution in [0.1, 0.15) is 18.1 Å². The zero-order valence-electron chi connectivity index (χ0n) is 19.8. The minimum atomic E-state index is -4.22. The largest absolute Gasteiger partial charge is 0.357 e. The van der Waals surface area contributed by atoms with Crippen LogP contribution in [0.25, 0.3) is 0 Å². The van der Waals surface area contributed by atoms with Crippen LogP contribution in [0, 0.1) is 12.7 Å². The Bertz CT molecular complexity index is 1260. The number of amides is 2. The lowest BCUT2D eigenvalue weighted by molar-refractivity contribution is -0.139. The number of likely N-dealkylation sites (N-methyl/N-ethyl adjacent to an activating group) is 1. The first kappa shape index (κ1) is 25.9. The Morgan fingerprint density at radius 3 is 2.11 bits per heavy atom. The van der Waals surface area contributed by atoms with E-state index in [9.17, 15) is 22.4 Å². The van der Waals surface area contributed by atoms with Crippen LogP contribution in [0.3, 0.4) is 0 Å². The van der Waals surface area contributed by atoms with Crippen molar-refractivity contribution in [1.82, 2.24) is 10.2 Å². The van der Waals surface area contributed by atoms with E-state index in [-0.39, 0.29) is 23.0 Å². The number of hydrogen-bond donors (Lipinski definition) is 1. The van der Waals surface area contributed by atoms with Crippen LogP contribution in [-0.2, 0) is 26.2 Å². The molecule has 3 rings (SSSR count). The quantitative estimate of drug-likeness (QED) is 0.490. The van der Waals surface area contributed by atoms with Crippen molar-refractivity contribution in [1.29, 1.82) is 0 Å². The molecule has 0 saturated heterocycles. The summed E-state index contributed by atoms with van der Waals surface area (Å²) in [6.45, 7) is 3.02. The van der Waals surface area contributed by atoms with Crippen molar-refractivity contribution in [3.8, 4) is 0 Å². The minimum absolute atomic E-state index is 0.118. The van der Waals surface area contributed by atoms with Gasteiger partial charge in [0.1, 0.15) is 18.4 Å². The molecule has 0 spiro atoms. The number of rotatable bonds is 9. The molecule has 35 heavy (non-hydrogen) atoms. The summed E-state index contributed by atoms with van der Waals surface area (Å²) in [7, 11) is -2.74. The molecule has 0 bridgehead atoms. The zero-order valence-corrected chi connectivity index (χ0v) is 20.6. The van der Waals surface area contributed by atoms with Gasteiger partial charge in [0, 0.05) is 13.6 Å². The number of benzene rings is 3. The van der Waals surface area contributed by atoms with Gasteiger partial charge >= 0.3 is 0 Å². The second-order valence-corrected chi connectivity index (χ2v) is 9.96. The van der Waals surface area contributed by atoms with Crippen molar-refractivity contribution in [2.75, 3.05) is 17.9 Å². The van der Waals surface area contributed by atoms with E-state index in [4.69, 9.17) is 0 Å². The number of anilines is 1. The average molecular weight is 498 g/mol. The Kier molecular flexibility index (Phi) is 8.24. The van der Waals surface area contributed by atoms with E-state index in [1.807, 2.05) is 37.3 Å². The summed E-state index contributed by atoms with van der Waals surface area (Å²) in [4.78, 5) is 27.2. The summed E-state index contributed by atoms with van der Waals surface area (Å²) >= 11 is 0. The second-order valence-electron chi connectivity index (χ2n) is 8.10. The Morgan fingerprint density at radius 2 is 1.54 bits per heavy atom. The van der Waals surface area contributed by atoms with E-state index < -0.39 is 34.3 Å². The molecule has 2 amide bonds. The summed E-state index contributed by atoms with van der Waals surface area (Å²) in [6, 6.07) is 19.4. The number of carbonyl (C=O) groups excluding carboxylic acids is 2. The summed E-state index contributed by atoms with van der Waals surface area (Å²) in [6.07, 6.45) is 0.